The number of hydrogen-bond acceptors (Lipinski definition) is 2. The third kappa shape index (κ3) is 2.06. The van der Waals surface area contributed by atoms with Crippen molar-refractivity contribution in [3.63, 3.8) is 0 Å². The van der Waals surface area contributed by atoms with Crippen LogP contribution in [0, 0.1) is 23.7 Å². The summed E-state index contributed by atoms with van der Waals surface area (Å²) in [5, 5.41) is 0. The predicted octanol–water partition coefficient (Wildman–Crippen LogP) is 4.70. The molecule has 1 saturated carbocycles. The van der Waals surface area contributed by atoms with Crippen LogP contribution in [-0.2, 0) is 10.0 Å². The van der Waals surface area contributed by atoms with Crippen LogP contribution in [0.15, 0.2) is 52.0 Å². The van der Waals surface area contributed by atoms with E-state index in [2.05, 4.69) is 33.8 Å². The maximum atomic E-state index is 13.2. The minimum Gasteiger partial charge on any atom is -0.207 e. The summed E-state index contributed by atoms with van der Waals surface area (Å²) < 4.78 is 28.0. The summed E-state index contributed by atoms with van der Waals surface area (Å²) in [6.45, 7) is 12.2. The SMILES string of the molecule is CCC(CC)=C1C=C2CN(S(=O)(=O)c3ccc(C)cc3)CC3C(C)(C)C213. The molecule has 2 atom stereocenters. The van der Waals surface area contributed by atoms with Gasteiger partial charge < -0.3 is 0 Å². The van der Waals surface area contributed by atoms with E-state index in [1.807, 2.05) is 19.1 Å². The van der Waals surface area contributed by atoms with Crippen LogP contribution < -0.4 is 0 Å². The van der Waals surface area contributed by atoms with Gasteiger partial charge in [-0.2, -0.15) is 4.31 Å². The van der Waals surface area contributed by atoms with Crippen molar-refractivity contribution in [2.24, 2.45) is 16.7 Å². The molecule has 0 N–H and O–H groups in total. The zero-order chi connectivity index (χ0) is 18.9. The number of rotatable bonds is 4. The monoisotopic (exact) mass is 371 g/mol. The fourth-order valence-electron chi connectivity index (χ4n) is 5.59. The van der Waals surface area contributed by atoms with E-state index in [0.29, 0.717) is 23.9 Å². The van der Waals surface area contributed by atoms with Crippen molar-refractivity contribution in [3.8, 4) is 0 Å². The van der Waals surface area contributed by atoms with Crippen LogP contribution >= 0.6 is 0 Å². The Bertz CT molecular complexity index is 915. The maximum Gasteiger partial charge on any atom is 0.243 e. The lowest BCUT2D eigenvalue weighted by Gasteiger charge is -2.42. The van der Waals surface area contributed by atoms with E-state index >= 15 is 0 Å². The molecule has 26 heavy (non-hydrogen) atoms. The molecule has 4 rings (SSSR count). The highest BCUT2D eigenvalue weighted by molar-refractivity contribution is 7.89. The zero-order valence-electron chi connectivity index (χ0n) is 16.5. The van der Waals surface area contributed by atoms with Gasteiger partial charge in [0.05, 0.1) is 4.90 Å². The molecule has 0 amide bonds. The van der Waals surface area contributed by atoms with Crippen LogP contribution in [0.1, 0.15) is 46.1 Å². The number of sulfonamides is 1. The van der Waals surface area contributed by atoms with E-state index in [-0.39, 0.29) is 10.8 Å². The van der Waals surface area contributed by atoms with Gasteiger partial charge >= 0.3 is 0 Å². The quantitative estimate of drug-likeness (QED) is 0.769. The van der Waals surface area contributed by atoms with Crippen LogP contribution in [0.3, 0.4) is 0 Å². The van der Waals surface area contributed by atoms with E-state index in [1.165, 1.54) is 11.1 Å². The van der Waals surface area contributed by atoms with E-state index in [9.17, 15) is 8.42 Å². The first-order valence-electron chi connectivity index (χ1n) is 9.71. The lowest BCUT2D eigenvalue weighted by atomic mass is 9.67. The topological polar surface area (TPSA) is 37.4 Å². The normalized spacial score (nSPS) is 29.3. The Morgan fingerprint density at radius 2 is 1.77 bits per heavy atom. The van der Waals surface area contributed by atoms with Crippen molar-refractivity contribution in [1.82, 2.24) is 4.31 Å². The molecule has 1 aromatic rings. The Kier molecular flexibility index (Phi) is 3.85. The van der Waals surface area contributed by atoms with Gasteiger partial charge in [0, 0.05) is 18.5 Å². The molecule has 3 aliphatic rings. The highest BCUT2D eigenvalue weighted by atomic mass is 32.2. The summed E-state index contributed by atoms with van der Waals surface area (Å²) in [5.41, 5.74) is 5.75. The Hall–Kier alpha value is -1.39. The molecule has 1 saturated heterocycles. The third-order valence-electron chi connectivity index (χ3n) is 7.20. The molecule has 0 aromatic heterocycles. The standard InChI is InChI=1S/C22H29NO2S/c1-6-16(7-2)19-12-17-13-23(14-20-21(4,5)22(17,19)20)26(24,25)18-10-8-15(3)9-11-18/h8-12,20H,6-7,13-14H2,1-5H3. The summed E-state index contributed by atoms with van der Waals surface area (Å²) in [6.07, 6.45) is 4.47. The fourth-order valence-corrected chi connectivity index (χ4v) is 7.02. The van der Waals surface area contributed by atoms with Gasteiger partial charge in [-0.1, -0.05) is 57.0 Å². The molecular weight excluding hydrogens is 342 g/mol. The number of aryl methyl sites for hydroxylation is 1. The van der Waals surface area contributed by atoms with Crippen LogP contribution in [0.5, 0.6) is 0 Å². The second-order valence-electron chi connectivity index (χ2n) is 8.59. The molecule has 140 valence electrons. The first-order chi connectivity index (χ1) is 12.2. The molecule has 4 heteroatoms. The van der Waals surface area contributed by atoms with Gasteiger partial charge in [0.15, 0.2) is 0 Å². The van der Waals surface area contributed by atoms with Crippen molar-refractivity contribution in [3.05, 3.63) is 52.6 Å². The molecule has 2 fully saturated rings. The predicted molar refractivity (Wildman–Crippen MR) is 105 cm³/mol. The van der Waals surface area contributed by atoms with Gasteiger partial charge in [-0.05, 0) is 54.4 Å². The highest BCUT2D eigenvalue weighted by Crippen LogP contribution is 2.82. The molecule has 2 aliphatic carbocycles. The summed E-state index contributed by atoms with van der Waals surface area (Å²) in [5.74, 6) is 0.395. The van der Waals surface area contributed by atoms with Gasteiger partial charge in [0.1, 0.15) is 0 Å². The Morgan fingerprint density at radius 1 is 1.15 bits per heavy atom. The maximum absolute atomic E-state index is 13.2. The zero-order valence-corrected chi connectivity index (χ0v) is 17.3. The van der Waals surface area contributed by atoms with Crippen molar-refractivity contribution in [1.29, 1.82) is 0 Å². The van der Waals surface area contributed by atoms with Gasteiger partial charge in [-0.3, -0.25) is 0 Å². The Labute approximate surface area is 157 Å². The Morgan fingerprint density at radius 3 is 2.31 bits per heavy atom. The van der Waals surface area contributed by atoms with E-state index < -0.39 is 10.0 Å². The van der Waals surface area contributed by atoms with Crippen LogP contribution in [0.25, 0.3) is 0 Å². The first kappa shape index (κ1) is 18.0. The molecule has 2 unspecified atom stereocenters. The first-order valence-corrected chi connectivity index (χ1v) is 11.2. The number of allylic oxidation sites excluding steroid dienone is 3. The summed E-state index contributed by atoms with van der Waals surface area (Å²) in [4.78, 5) is 0.410. The highest BCUT2D eigenvalue weighted by Gasteiger charge is 2.78. The lowest BCUT2D eigenvalue weighted by molar-refractivity contribution is 0.339. The fraction of sp³-hybridized carbons (Fsp3) is 0.545. The molecular formula is C22H29NO2S. The van der Waals surface area contributed by atoms with E-state index in [1.54, 1.807) is 22.0 Å². The smallest absolute Gasteiger partial charge is 0.207 e. The minimum atomic E-state index is -3.43. The van der Waals surface area contributed by atoms with Gasteiger partial charge in [-0.25, -0.2) is 8.42 Å². The van der Waals surface area contributed by atoms with Crippen LogP contribution in [-0.4, -0.2) is 25.8 Å². The second-order valence-corrected chi connectivity index (χ2v) is 10.5. The average molecular weight is 372 g/mol. The van der Waals surface area contributed by atoms with Crippen molar-refractivity contribution in [2.75, 3.05) is 13.1 Å². The molecule has 1 heterocycles. The number of nitrogens with zero attached hydrogens (tertiary/aromatic N) is 1. The molecule has 3 nitrogen and oxygen atoms in total. The third-order valence-corrected chi connectivity index (χ3v) is 9.03. The van der Waals surface area contributed by atoms with E-state index in [4.69, 9.17) is 0 Å². The largest absolute Gasteiger partial charge is 0.243 e. The van der Waals surface area contributed by atoms with Gasteiger partial charge in [0.2, 0.25) is 10.0 Å². The second kappa shape index (κ2) is 5.56. The van der Waals surface area contributed by atoms with Gasteiger partial charge in [0.25, 0.3) is 0 Å². The summed E-state index contributed by atoms with van der Waals surface area (Å²) >= 11 is 0. The van der Waals surface area contributed by atoms with E-state index in [0.717, 1.165) is 18.4 Å². The number of benzene rings is 1. The number of hydrogen-bond donors (Lipinski definition) is 0. The average Bonchev–Trinajstić information content (AvgIpc) is 3.12. The number of piperidine rings is 1. The van der Waals surface area contributed by atoms with Crippen LogP contribution in [0.4, 0.5) is 0 Å². The minimum absolute atomic E-state index is 0.146. The van der Waals surface area contributed by atoms with Crippen molar-refractivity contribution >= 4 is 10.0 Å². The molecule has 1 aliphatic heterocycles. The molecule has 1 spiro atoms. The summed E-state index contributed by atoms with van der Waals surface area (Å²) in [7, 11) is -3.43. The summed E-state index contributed by atoms with van der Waals surface area (Å²) in [6, 6.07) is 7.22. The van der Waals surface area contributed by atoms with Crippen LogP contribution in [0.2, 0.25) is 0 Å². The Balaban J connectivity index is 1.71. The molecule has 0 bridgehead atoms. The van der Waals surface area contributed by atoms with Gasteiger partial charge in [-0.15, -0.1) is 0 Å². The van der Waals surface area contributed by atoms with Crippen molar-refractivity contribution in [2.45, 2.75) is 52.4 Å². The molecule has 1 aromatic carbocycles. The van der Waals surface area contributed by atoms with Crippen molar-refractivity contribution < 1.29 is 8.42 Å². The lowest BCUT2D eigenvalue weighted by Crippen LogP contribution is -2.44. The molecule has 0 radical (unpaired) electrons.